The molecule has 7 heteroatoms. The van der Waals surface area contributed by atoms with Crippen molar-refractivity contribution in [3.63, 3.8) is 0 Å². The number of benzene rings is 1. The minimum absolute atomic E-state index is 0.127. The Balaban J connectivity index is 1.96. The maximum atomic E-state index is 12.0. The molecule has 128 valence electrons. The van der Waals surface area contributed by atoms with Crippen molar-refractivity contribution >= 4 is 12.1 Å². The fourth-order valence-corrected chi connectivity index (χ4v) is 2.24. The van der Waals surface area contributed by atoms with Crippen LogP contribution in [0.3, 0.4) is 0 Å². The van der Waals surface area contributed by atoms with E-state index in [4.69, 9.17) is 9.84 Å². The number of carbonyl (C=O) groups is 2. The van der Waals surface area contributed by atoms with Crippen LogP contribution in [0.15, 0.2) is 42.7 Å². The molecule has 0 aliphatic carbocycles. The van der Waals surface area contributed by atoms with Crippen LogP contribution in [0.2, 0.25) is 0 Å². The Labute approximate surface area is 140 Å². The Bertz CT molecular complexity index is 669. The fourth-order valence-electron chi connectivity index (χ4n) is 2.24. The number of carboxylic acids is 1. The van der Waals surface area contributed by atoms with Crippen LogP contribution in [0.4, 0.5) is 4.79 Å². The van der Waals surface area contributed by atoms with Crippen molar-refractivity contribution in [2.75, 3.05) is 0 Å². The molecule has 0 aliphatic heterocycles. The molecule has 0 spiro atoms. The van der Waals surface area contributed by atoms with Crippen LogP contribution in [0.25, 0.3) is 0 Å². The number of hydrogen-bond donors (Lipinski definition) is 2. The van der Waals surface area contributed by atoms with Crippen LogP contribution in [-0.2, 0) is 22.7 Å². The topological polar surface area (TPSA) is 93.5 Å². The first-order chi connectivity index (χ1) is 11.6. The van der Waals surface area contributed by atoms with Gasteiger partial charge in [0.05, 0.1) is 18.7 Å². The summed E-state index contributed by atoms with van der Waals surface area (Å²) in [5, 5.41) is 15.8. The Morgan fingerprint density at radius 1 is 1.33 bits per heavy atom. The van der Waals surface area contributed by atoms with Gasteiger partial charge in [0, 0.05) is 18.3 Å². The van der Waals surface area contributed by atoms with E-state index >= 15 is 0 Å². The first-order valence-electron chi connectivity index (χ1n) is 7.80. The summed E-state index contributed by atoms with van der Waals surface area (Å²) >= 11 is 0. The molecule has 0 unspecified atom stereocenters. The molecule has 2 N–H and O–H groups in total. The number of alkyl carbamates (subject to hydrolysis) is 1. The quantitative estimate of drug-likeness (QED) is 0.776. The highest BCUT2D eigenvalue weighted by Gasteiger charge is 2.20. The average Bonchev–Trinajstić information content (AvgIpc) is 3.02. The van der Waals surface area contributed by atoms with Gasteiger partial charge in [-0.3, -0.25) is 9.48 Å². The summed E-state index contributed by atoms with van der Waals surface area (Å²) in [5.41, 5.74) is 1.50. The number of aromatic nitrogens is 2. The third-order valence-electron chi connectivity index (χ3n) is 3.39. The van der Waals surface area contributed by atoms with Crippen molar-refractivity contribution in [1.29, 1.82) is 0 Å². The minimum atomic E-state index is -1.01. The van der Waals surface area contributed by atoms with E-state index in [1.54, 1.807) is 17.1 Å². The molecule has 24 heavy (non-hydrogen) atoms. The molecule has 0 radical (unpaired) electrons. The number of hydrogen-bond acceptors (Lipinski definition) is 4. The lowest BCUT2D eigenvalue weighted by Gasteiger charge is -2.15. The van der Waals surface area contributed by atoms with Crippen LogP contribution in [0, 0.1) is 0 Å². The van der Waals surface area contributed by atoms with Gasteiger partial charge in [0.2, 0.25) is 0 Å². The predicted molar refractivity (Wildman–Crippen MR) is 87.3 cm³/mol. The van der Waals surface area contributed by atoms with Gasteiger partial charge in [-0.1, -0.05) is 37.3 Å². The lowest BCUT2D eigenvalue weighted by atomic mass is 10.1. The predicted octanol–water partition coefficient (Wildman–Crippen LogP) is 2.74. The number of aliphatic carboxylic acids is 1. The highest BCUT2D eigenvalue weighted by atomic mass is 16.5. The third kappa shape index (κ3) is 5.42. The number of nitrogens with one attached hydrogen (secondary N) is 1. The summed E-state index contributed by atoms with van der Waals surface area (Å²) in [4.78, 5) is 23.0. The molecule has 1 atom stereocenters. The monoisotopic (exact) mass is 331 g/mol. The van der Waals surface area contributed by atoms with Gasteiger partial charge in [0.25, 0.3) is 0 Å². The molecule has 0 saturated carbocycles. The summed E-state index contributed by atoms with van der Waals surface area (Å²) in [5.74, 6) is -1.01. The number of carbonyl (C=O) groups excluding carboxylic acids is 1. The van der Waals surface area contributed by atoms with Crippen LogP contribution in [0.5, 0.6) is 0 Å². The molecule has 7 nitrogen and oxygen atoms in total. The lowest BCUT2D eigenvalue weighted by molar-refractivity contribution is -0.137. The van der Waals surface area contributed by atoms with Crippen molar-refractivity contribution in [3.05, 3.63) is 53.9 Å². The van der Waals surface area contributed by atoms with E-state index in [9.17, 15) is 9.59 Å². The van der Waals surface area contributed by atoms with Gasteiger partial charge in [0.15, 0.2) is 0 Å². The van der Waals surface area contributed by atoms with Crippen LogP contribution in [-0.4, -0.2) is 26.9 Å². The minimum Gasteiger partial charge on any atom is -0.481 e. The zero-order valence-corrected chi connectivity index (χ0v) is 13.5. The first kappa shape index (κ1) is 17.5. The van der Waals surface area contributed by atoms with Gasteiger partial charge in [-0.15, -0.1) is 0 Å². The highest BCUT2D eigenvalue weighted by Crippen LogP contribution is 2.17. The van der Waals surface area contributed by atoms with Crippen LogP contribution >= 0.6 is 0 Å². The number of rotatable bonds is 8. The fraction of sp³-hybridized carbons (Fsp3) is 0.353. The summed E-state index contributed by atoms with van der Waals surface area (Å²) in [6.45, 7) is 2.88. The highest BCUT2D eigenvalue weighted by molar-refractivity contribution is 5.71. The molecule has 0 aliphatic rings. The molecule has 1 amide bonds. The Kier molecular flexibility index (Phi) is 6.36. The van der Waals surface area contributed by atoms with E-state index in [1.807, 2.05) is 37.3 Å². The second-order valence-electron chi connectivity index (χ2n) is 5.39. The standard InChI is InChI=1S/C17H21N3O4/c1-2-8-20-11-14(10-18-20)15(9-16(21)22)19-17(23)24-12-13-6-4-3-5-7-13/h3-7,10-11,15H,2,8-9,12H2,1H3,(H,19,23)(H,21,22)/t15-/m1/s1. The van der Waals surface area contributed by atoms with Crippen molar-refractivity contribution in [1.82, 2.24) is 15.1 Å². The summed E-state index contributed by atoms with van der Waals surface area (Å²) in [7, 11) is 0. The van der Waals surface area contributed by atoms with Gasteiger partial charge in [0.1, 0.15) is 6.61 Å². The average molecular weight is 331 g/mol. The largest absolute Gasteiger partial charge is 0.481 e. The van der Waals surface area contributed by atoms with E-state index in [2.05, 4.69) is 10.4 Å². The molecule has 1 aromatic carbocycles. The molecular weight excluding hydrogens is 310 g/mol. The Hall–Kier alpha value is -2.83. The summed E-state index contributed by atoms with van der Waals surface area (Å²) < 4.78 is 6.87. The molecule has 0 saturated heterocycles. The second kappa shape index (κ2) is 8.71. The van der Waals surface area contributed by atoms with Crippen molar-refractivity contribution in [2.45, 2.75) is 39.0 Å². The van der Waals surface area contributed by atoms with Gasteiger partial charge >= 0.3 is 12.1 Å². The second-order valence-corrected chi connectivity index (χ2v) is 5.39. The molecular formula is C17H21N3O4. The molecule has 2 aromatic rings. The zero-order chi connectivity index (χ0) is 17.4. The number of nitrogens with zero attached hydrogens (tertiary/aromatic N) is 2. The number of aryl methyl sites for hydroxylation is 1. The van der Waals surface area contributed by atoms with E-state index in [-0.39, 0.29) is 13.0 Å². The Morgan fingerprint density at radius 2 is 2.08 bits per heavy atom. The van der Waals surface area contributed by atoms with Crippen molar-refractivity contribution in [3.8, 4) is 0 Å². The van der Waals surface area contributed by atoms with Gasteiger partial charge in [-0.05, 0) is 12.0 Å². The van der Waals surface area contributed by atoms with Gasteiger partial charge in [-0.25, -0.2) is 4.79 Å². The maximum Gasteiger partial charge on any atom is 0.407 e. The smallest absolute Gasteiger partial charge is 0.407 e. The Morgan fingerprint density at radius 3 is 2.75 bits per heavy atom. The molecule has 2 rings (SSSR count). The van der Waals surface area contributed by atoms with E-state index in [1.165, 1.54) is 0 Å². The zero-order valence-electron chi connectivity index (χ0n) is 13.5. The van der Waals surface area contributed by atoms with Crippen LogP contribution < -0.4 is 5.32 Å². The maximum absolute atomic E-state index is 12.0. The first-order valence-corrected chi connectivity index (χ1v) is 7.80. The van der Waals surface area contributed by atoms with Gasteiger partial charge < -0.3 is 15.2 Å². The SMILES string of the molecule is CCCn1cc([C@@H](CC(=O)O)NC(=O)OCc2ccccc2)cn1. The number of ether oxygens (including phenoxy) is 1. The summed E-state index contributed by atoms with van der Waals surface area (Å²) in [6.07, 6.45) is 3.33. The number of carboxylic acid groups (broad SMARTS) is 1. The molecule has 0 fully saturated rings. The normalized spacial score (nSPS) is 11.7. The molecule has 1 aromatic heterocycles. The molecule has 0 bridgehead atoms. The van der Waals surface area contributed by atoms with E-state index in [0.717, 1.165) is 18.5 Å². The third-order valence-corrected chi connectivity index (χ3v) is 3.39. The van der Waals surface area contributed by atoms with E-state index < -0.39 is 18.1 Å². The number of amides is 1. The van der Waals surface area contributed by atoms with E-state index in [0.29, 0.717) is 5.56 Å². The lowest BCUT2D eigenvalue weighted by Crippen LogP contribution is -2.30. The van der Waals surface area contributed by atoms with Crippen molar-refractivity contribution in [2.24, 2.45) is 0 Å². The molecule has 1 heterocycles. The van der Waals surface area contributed by atoms with Gasteiger partial charge in [-0.2, -0.15) is 5.10 Å². The van der Waals surface area contributed by atoms with Crippen molar-refractivity contribution < 1.29 is 19.4 Å². The van der Waals surface area contributed by atoms with Crippen LogP contribution in [0.1, 0.15) is 36.9 Å². The summed E-state index contributed by atoms with van der Waals surface area (Å²) in [6, 6.07) is 8.59.